The van der Waals surface area contributed by atoms with Crippen LogP contribution in [0.15, 0.2) is 48.5 Å². The van der Waals surface area contributed by atoms with E-state index in [1.165, 1.54) is 12.1 Å². The molecule has 19 heavy (non-hydrogen) atoms. The van der Waals surface area contributed by atoms with E-state index in [1.807, 2.05) is 30.3 Å². The zero-order valence-corrected chi connectivity index (χ0v) is 10.8. The van der Waals surface area contributed by atoms with Crippen LogP contribution in [0, 0.1) is 12.7 Å². The summed E-state index contributed by atoms with van der Waals surface area (Å²) in [6, 6.07) is 13.0. The molecule has 1 unspecified atom stereocenters. The lowest BCUT2D eigenvalue weighted by atomic mass is 9.96. The first-order valence-electron chi connectivity index (χ1n) is 6.16. The molecule has 0 aliphatic heterocycles. The average Bonchev–Trinajstić information content (AvgIpc) is 2.42. The Morgan fingerprint density at radius 3 is 2.53 bits per heavy atom. The van der Waals surface area contributed by atoms with Gasteiger partial charge in [-0.1, -0.05) is 36.4 Å². The van der Waals surface area contributed by atoms with Gasteiger partial charge in [0, 0.05) is 6.42 Å². The summed E-state index contributed by atoms with van der Waals surface area (Å²) in [5, 5.41) is 0. The van der Waals surface area contributed by atoms with Gasteiger partial charge < -0.3 is 5.73 Å². The van der Waals surface area contributed by atoms with Crippen LogP contribution >= 0.6 is 0 Å². The lowest BCUT2D eigenvalue weighted by Crippen LogP contribution is -2.23. The molecule has 2 rings (SSSR count). The van der Waals surface area contributed by atoms with Gasteiger partial charge in [-0.3, -0.25) is 4.79 Å². The van der Waals surface area contributed by atoms with E-state index in [0.29, 0.717) is 0 Å². The van der Waals surface area contributed by atoms with E-state index < -0.39 is 6.04 Å². The molecule has 0 heterocycles. The highest BCUT2D eigenvalue weighted by molar-refractivity contribution is 5.87. The van der Waals surface area contributed by atoms with Crippen molar-refractivity contribution in [3.05, 3.63) is 71.0 Å². The number of hydrogen-bond acceptors (Lipinski definition) is 2. The fraction of sp³-hybridized carbons (Fsp3) is 0.188. The number of benzene rings is 2. The van der Waals surface area contributed by atoms with Crippen molar-refractivity contribution in [2.24, 2.45) is 5.73 Å². The van der Waals surface area contributed by atoms with Crippen molar-refractivity contribution in [3.8, 4) is 0 Å². The Hall–Kier alpha value is -2.00. The first-order chi connectivity index (χ1) is 9.08. The van der Waals surface area contributed by atoms with Crippen LogP contribution in [-0.4, -0.2) is 5.78 Å². The van der Waals surface area contributed by atoms with Crippen LogP contribution in [0.4, 0.5) is 4.39 Å². The van der Waals surface area contributed by atoms with Crippen LogP contribution in [0.1, 0.15) is 22.7 Å². The number of hydrogen-bond donors (Lipinski definition) is 1. The van der Waals surface area contributed by atoms with Crippen molar-refractivity contribution in [3.63, 3.8) is 0 Å². The molecule has 0 saturated heterocycles. The number of aryl methyl sites for hydroxylation is 1. The largest absolute Gasteiger partial charge is 0.318 e. The second-order valence-electron chi connectivity index (χ2n) is 4.60. The smallest absolute Gasteiger partial charge is 0.158 e. The van der Waals surface area contributed by atoms with Crippen LogP contribution in [-0.2, 0) is 11.2 Å². The Bertz CT molecular complexity index is 581. The van der Waals surface area contributed by atoms with Gasteiger partial charge in [0.15, 0.2) is 5.78 Å². The second kappa shape index (κ2) is 5.76. The van der Waals surface area contributed by atoms with Crippen molar-refractivity contribution < 1.29 is 9.18 Å². The van der Waals surface area contributed by atoms with E-state index in [-0.39, 0.29) is 18.0 Å². The molecule has 2 aromatic rings. The van der Waals surface area contributed by atoms with Crippen molar-refractivity contribution in [1.82, 2.24) is 0 Å². The molecular weight excluding hydrogens is 241 g/mol. The number of ketones is 1. The fourth-order valence-corrected chi connectivity index (χ4v) is 2.00. The number of Topliss-reactive ketones (excluding diaryl/α,β-unsaturated/α-hetero) is 1. The van der Waals surface area contributed by atoms with Crippen LogP contribution < -0.4 is 5.73 Å². The molecule has 0 radical (unpaired) electrons. The summed E-state index contributed by atoms with van der Waals surface area (Å²) in [5.74, 6) is -0.359. The van der Waals surface area contributed by atoms with Gasteiger partial charge in [-0.25, -0.2) is 4.39 Å². The second-order valence-corrected chi connectivity index (χ2v) is 4.60. The molecule has 0 bridgehead atoms. The summed E-state index contributed by atoms with van der Waals surface area (Å²) in [6.07, 6.45) is 0.224. The quantitative estimate of drug-likeness (QED) is 0.915. The van der Waals surface area contributed by atoms with Crippen molar-refractivity contribution >= 4 is 5.78 Å². The number of carbonyl (C=O) groups excluding carboxylic acids is 1. The molecule has 3 heteroatoms. The number of halogens is 1. The zero-order valence-electron chi connectivity index (χ0n) is 10.8. The van der Waals surface area contributed by atoms with Gasteiger partial charge in [0.2, 0.25) is 0 Å². The van der Waals surface area contributed by atoms with Gasteiger partial charge in [0.05, 0.1) is 6.04 Å². The minimum atomic E-state index is -0.634. The first kappa shape index (κ1) is 13.4. The van der Waals surface area contributed by atoms with Gasteiger partial charge in [-0.05, 0) is 35.7 Å². The zero-order chi connectivity index (χ0) is 13.8. The molecule has 0 amide bonds. The first-order valence-corrected chi connectivity index (χ1v) is 6.16. The maximum Gasteiger partial charge on any atom is 0.158 e. The Kier molecular flexibility index (Phi) is 4.07. The number of nitrogens with two attached hydrogens (primary N) is 1. The fourth-order valence-electron chi connectivity index (χ4n) is 2.00. The predicted octanol–water partition coefficient (Wildman–Crippen LogP) is 2.95. The SMILES string of the molecule is Cc1cc(F)ccc1CC(=O)C(N)c1ccccc1. The van der Waals surface area contributed by atoms with E-state index in [0.717, 1.165) is 16.7 Å². The Morgan fingerprint density at radius 2 is 1.89 bits per heavy atom. The monoisotopic (exact) mass is 257 g/mol. The molecule has 2 aromatic carbocycles. The predicted molar refractivity (Wildman–Crippen MR) is 73.2 cm³/mol. The third-order valence-corrected chi connectivity index (χ3v) is 3.17. The molecule has 0 fully saturated rings. The molecule has 2 N–H and O–H groups in total. The third kappa shape index (κ3) is 3.26. The summed E-state index contributed by atoms with van der Waals surface area (Å²) in [7, 11) is 0. The van der Waals surface area contributed by atoms with Gasteiger partial charge in [0.25, 0.3) is 0 Å². The van der Waals surface area contributed by atoms with Crippen LogP contribution in [0.3, 0.4) is 0 Å². The van der Waals surface area contributed by atoms with Gasteiger partial charge in [-0.15, -0.1) is 0 Å². The van der Waals surface area contributed by atoms with Crippen LogP contribution in [0.25, 0.3) is 0 Å². The summed E-state index contributed by atoms with van der Waals surface area (Å²) in [6.45, 7) is 1.79. The molecule has 0 saturated carbocycles. The topological polar surface area (TPSA) is 43.1 Å². The average molecular weight is 257 g/mol. The normalized spacial score (nSPS) is 12.2. The summed E-state index contributed by atoms with van der Waals surface area (Å²) in [5.41, 5.74) is 8.33. The molecule has 1 atom stereocenters. The molecule has 0 aliphatic carbocycles. The molecular formula is C16H16FNO. The maximum atomic E-state index is 13.0. The minimum absolute atomic E-state index is 0.0686. The molecule has 2 nitrogen and oxygen atoms in total. The van der Waals surface area contributed by atoms with Crippen molar-refractivity contribution in [1.29, 1.82) is 0 Å². The Labute approximate surface area is 112 Å². The number of rotatable bonds is 4. The Balaban J connectivity index is 2.13. The molecule has 0 aliphatic rings. The lowest BCUT2D eigenvalue weighted by Gasteiger charge is -2.12. The maximum absolute atomic E-state index is 13.0. The van der Waals surface area contributed by atoms with E-state index >= 15 is 0 Å². The minimum Gasteiger partial charge on any atom is -0.318 e. The van der Waals surface area contributed by atoms with Crippen molar-refractivity contribution in [2.45, 2.75) is 19.4 Å². The number of carbonyl (C=O) groups is 1. The van der Waals surface area contributed by atoms with E-state index in [4.69, 9.17) is 5.73 Å². The van der Waals surface area contributed by atoms with Gasteiger partial charge in [0.1, 0.15) is 5.82 Å². The highest BCUT2D eigenvalue weighted by Crippen LogP contribution is 2.16. The molecule has 0 aromatic heterocycles. The highest BCUT2D eigenvalue weighted by atomic mass is 19.1. The van der Waals surface area contributed by atoms with E-state index in [1.54, 1.807) is 13.0 Å². The summed E-state index contributed by atoms with van der Waals surface area (Å²) >= 11 is 0. The van der Waals surface area contributed by atoms with E-state index in [9.17, 15) is 9.18 Å². The molecule has 98 valence electrons. The highest BCUT2D eigenvalue weighted by Gasteiger charge is 2.16. The van der Waals surface area contributed by atoms with Crippen LogP contribution in [0.2, 0.25) is 0 Å². The summed E-state index contributed by atoms with van der Waals surface area (Å²) in [4.78, 5) is 12.1. The van der Waals surface area contributed by atoms with Gasteiger partial charge in [-0.2, -0.15) is 0 Å². The standard InChI is InChI=1S/C16H16FNO/c1-11-9-14(17)8-7-13(11)10-15(19)16(18)12-5-3-2-4-6-12/h2-9,16H,10,18H2,1H3. The Morgan fingerprint density at radius 1 is 1.21 bits per heavy atom. The van der Waals surface area contributed by atoms with Crippen LogP contribution in [0.5, 0.6) is 0 Å². The lowest BCUT2D eigenvalue weighted by molar-refractivity contribution is -0.119. The molecule has 0 spiro atoms. The van der Waals surface area contributed by atoms with Gasteiger partial charge >= 0.3 is 0 Å². The summed E-state index contributed by atoms with van der Waals surface area (Å²) < 4.78 is 13.0. The van der Waals surface area contributed by atoms with E-state index in [2.05, 4.69) is 0 Å². The van der Waals surface area contributed by atoms with Crippen molar-refractivity contribution in [2.75, 3.05) is 0 Å². The third-order valence-electron chi connectivity index (χ3n) is 3.17.